The highest BCUT2D eigenvalue weighted by Crippen LogP contribution is 2.24. The van der Waals surface area contributed by atoms with Gasteiger partial charge in [0.25, 0.3) is 5.91 Å². The number of carbonyl (C=O) groups excluding carboxylic acids is 1. The molecule has 31 heavy (non-hydrogen) atoms. The molecule has 162 valence electrons. The van der Waals surface area contributed by atoms with E-state index in [2.05, 4.69) is 16.0 Å². The van der Waals surface area contributed by atoms with Gasteiger partial charge in [-0.15, -0.1) is 0 Å². The number of para-hydroxylation sites is 1. The van der Waals surface area contributed by atoms with Crippen molar-refractivity contribution in [1.29, 1.82) is 5.41 Å². The highest BCUT2D eigenvalue weighted by Gasteiger charge is 2.29. The minimum Gasteiger partial charge on any atom is -0.457 e. The van der Waals surface area contributed by atoms with Gasteiger partial charge in [0.1, 0.15) is 22.9 Å². The highest BCUT2D eigenvalue weighted by molar-refractivity contribution is 6.26. The van der Waals surface area contributed by atoms with Crippen LogP contribution in [0.15, 0.2) is 66.0 Å². The van der Waals surface area contributed by atoms with Crippen LogP contribution in [0.5, 0.6) is 11.5 Å². The largest absolute Gasteiger partial charge is 0.457 e. The van der Waals surface area contributed by atoms with Crippen LogP contribution in [0.1, 0.15) is 24.8 Å². The number of nitrogens with one attached hydrogen (secondary N) is 4. The number of hydrogen-bond donors (Lipinski definition) is 5. The van der Waals surface area contributed by atoms with E-state index in [9.17, 15) is 4.79 Å². The summed E-state index contributed by atoms with van der Waals surface area (Å²) >= 11 is 0. The normalized spacial score (nSPS) is 20.8. The fourth-order valence-electron chi connectivity index (χ4n) is 4.25. The van der Waals surface area contributed by atoms with E-state index >= 15 is 0 Å². The zero-order valence-electron chi connectivity index (χ0n) is 17.5. The summed E-state index contributed by atoms with van der Waals surface area (Å²) in [4.78, 5) is 12.3. The summed E-state index contributed by atoms with van der Waals surface area (Å²) < 4.78 is 5.81. The molecular weight excluding hydrogens is 390 g/mol. The molecule has 0 bridgehead atoms. The van der Waals surface area contributed by atoms with E-state index in [1.54, 1.807) is 24.3 Å². The summed E-state index contributed by atoms with van der Waals surface area (Å²) in [6.07, 6.45) is 3.20. The lowest BCUT2D eigenvalue weighted by molar-refractivity contribution is -0.114. The van der Waals surface area contributed by atoms with Gasteiger partial charge in [0.05, 0.1) is 5.71 Å². The lowest BCUT2D eigenvalue weighted by atomic mass is 9.87. The van der Waals surface area contributed by atoms with Crippen LogP contribution >= 0.6 is 0 Å². The Bertz CT molecular complexity index is 950. The first-order valence-corrected chi connectivity index (χ1v) is 10.8. The van der Waals surface area contributed by atoms with Gasteiger partial charge in [-0.3, -0.25) is 10.2 Å². The van der Waals surface area contributed by atoms with Crippen LogP contribution in [-0.4, -0.2) is 37.3 Å². The summed E-state index contributed by atoms with van der Waals surface area (Å²) in [6.45, 7) is 2.79. The number of benzene rings is 2. The summed E-state index contributed by atoms with van der Waals surface area (Å²) in [7, 11) is 0. The van der Waals surface area contributed by atoms with Crippen LogP contribution < -0.4 is 26.4 Å². The molecule has 2 saturated heterocycles. The monoisotopic (exact) mass is 419 g/mol. The van der Waals surface area contributed by atoms with Crippen LogP contribution in [0.25, 0.3) is 0 Å². The Labute approximate surface area is 182 Å². The minimum atomic E-state index is -0.615. The van der Waals surface area contributed by atoms with E-state index < -0.39 is 5.91 Å². The number of hydrogen-bond acceptors (Lipinski definition) is 6. The lowest BCUT2D eigenvalue weighted by Gasteiger charge is -2.37. The van der Waals surface area contributed by atoms with Gasteiger partial charge in [-0.25, -0.2) is 0 Å². The first kappa shape index (κ1) is 20.9. The third-order valence-electron chi connectivity index (χ3n) is 5.91. The predicted octanol–water partition coefficient (Wildman–Crippen LogP) is 2.49. The molecule has 2 aliphatic rings. The fourth-order valence-corrected chi connectivity index (χ4v) is 4.25. The average Bonchev–Trinajstić information content (AvgIpc) is 2.81. The maximum absolute atomic E-state index is 12.3. The van der Waals surface area contributed by atoms with Gasteiger partial charge in [-0.05, 0) is 74.7 Å². The van der Waals surface area contributed by atoms with Crippen molar-refractivity contribution >= 4 is 11.6 Å². The maximum atomic E-state index is 12.3. The molecule has 2 aromatic rings. The van der Waals surface area contributed by atoms with Crippen LogP contribution in [-0.2, 0) is 4.79 Å². The lowest BCUT2D eigenvalue weighted by Crippen LogP contribution is -2.50. The molecule has 2 aliphatic heterocycles. The third kappa shape index (κ3) is 5.06. The van der Waals surface area contributed by atoms with E-state index in [4.69, 9.17) is 15.9 Å². The molecule has 0 saturated carbocycles. The van der Waals surface area contributed by atoms with Gasteiger partial charge in [-0.2, -0.15) is 0 Å². The van der Waals surface area contributed by atoms with Crippen molar-refractivity contribution in [1.82, 2.24) is 16.0 Å². The predicted molar refractivity (Wildman–Crippen MR) is 121 cm³/mol. The Morgan fingerprint density at radius 3 is 2.29 bits per heavy atom. The van der Waals surface area contributed by atoms with Gasteiger partial charge >= 0.3 is 0 Å². The molecule has 0 unspecified atom stereocenters. The van der Waals surface area contributed by atoms with Crippen molar-refractivity contribution in [3.05, 3.63) is 71.6 Å². The number of nitrogens with two attached hydrogens (primary N) is 1. The third-order valence-corrected chi connectivity index (χ3v) is 5.91. The summed E-state index contributed by atoms with van der Waals surface area (Å²) in [5.74, 6) is 1.91. The molecular formula is C24H29N5O2. The van der Waals surface area contributed by atoms with Crippen molar-refractivity contribution in [2.75, 3.05) is 19.6 Å². The van der Waals surface area contributed by atoms with Crippen molar-refractivity contribution in [3.8, 4) is 11.5 Å². The zero-order valence-corrected chi connectivity index (χ0v) is 17.5. The van der Waals surface area contributed by atoms with Crippen molar-refractivity contribution in [2.24, 2.45) is 11.7 Å². The van der Waals surface area contributed by atoms with Gasteiger partial charge < -0.3 is 26.4 Å². The fraction of sp³-hybridized carbons (Fsp3) is 0.333. The molecule has 2 heterocycles. The molecule has 2 fully saturated rings. The smallest absolute Gasteiger partial charge is 0.254 e. The zero-order chi connectivity index (χ0) is 21.6. The van der Waals surface area contributed by atoms with E-state index in [0.717, 1.165) is 44.6 Å². The molecule has 0 aromatic heterocycles. The quantitative estimate of drug-likeness (QED) is 0.365. The van der Waals surface area contributed by atoms with Gasteiger partial charge in [0, 0.05) is 18.2 Å². The summed E-state index contributed by atoms with van der Waals surface area (Å²) in [6, 6.07) is 16.9. The van der Waals surface area contributed by atoms with Crippen molar-refractivity contribution < 1.29 is 9.53 Å². The van der Waals surface area contributed by atoms with Crippen LogP contribution in [0, 0.1) is 11.3 Å². The molecule has 7 nitrogen and oxygen atoms in total. The van der Waals surface area contributed by atoms with Gasteiger partial charge in [0.15, 0.2) is 0 Å². The van der Waals surface area contributed by atoms with Crippen LogP contribution in [0.3, 0.4) is 0 Å². The second-order valence-corrected chi connectivity index (χ2v) is 7.98. The molecule has 2 aromatic carbocycles. The number of primary amides is 1. The van der Waals surface area contributed by atoms with Gasteiger partial charge in [0.2, 0.25) is 0 Å². The minimum absolute atomic E-state index is 0.0970. The number of rotatable bonds is 6. The Kier molecular flexibility index (Phi) is 6.52. The first-order valence-electron chi connectivity index (χ1n) is 10.8. The summed E-state index contributed by atoms with van der Waals surface area (Å²) in [5.41, 5.74) is 6.60. The van der Waals surface area contributed by atoms with Crippen molar-refractivity contribution in [3.63, 3.8) is 0 Å². The number of ether oxygens (including phenoxy) is 1. The standard InChI is InChI=1S/C24H29N5O2/c25-22(17-6-8-19(9-7-17)31-18-4-2-1-3-5-18)21(23(26)30)24-28-15-12-20(29-24)16-10-13-27-14-11-16/h1-9,16,20,25,27-29H,10-15H2,(H2,26,30)/b24-21+,25-22?/t20-/m0/s1. The van der Waals surface area contributed by atoms with E-state index in [-0.39, 0.29) is 17.3 Å². The SMILES string of the molecule is N=C(/C(C(N)=O)=C1/NCC[C@@H](C2CCNCC2)N1)c1ccc(Oc2ccccc2)cc1. The summed E-state index contributed by atoms with van der Waals surface area (Å²) in [5, 5.41) is 18.8. The molecule has 0 aliphatic carbocycles. The number of amides is 1. The topological polar surface area (TPSA) is 112 Å². The molecule has 7 heteroatoms. The molecule has 6 N–H and O–H groups in total. The Balaban J connectivity index is 1.52. The Morgan fingerprint density at radius 1 is 0.935 bits per heavy atom. The van der Waals surface area contributed by atoms with Crippen LogP contribution in [0.4, 0.5) is 0 Å². The second-order valence-electron chi connectivity index (χ2n) is 7.98. The van der Waals surface area contributed by atoms with Crippen molar-refractivity contribution in [2.45, 2.75) is 25.3 Å². The average molecular weight is 420 g/mol. The first-order chi connectivity index (χ1) is 15.1. The van der Waals surface area contributed by atoms with E-state index in [1.165, 1.54) is 0 Å². The van der Waals surface area contributed by atoms with E-state index in [1.807, 2.05) is 30.3 Å². The molecule has 4 rings (SSSR count). The Hall–Kier alpha value is -3.32. The van der Waals surface area contributed by atoms with Crippen LogP contribution in [0.2, 0.25) is 0 Å². The highest BCUT2D eigenvalue weighted by atomic mass is 16.5. The Morgan fingerprint density at radius 2 is 1.61 bits per heavy atom. The van der Waals surface area contributed by atoms with E-state index in [0.29, 0.717) is 23.1 Å². The molecule has 1 atom stereocenters. The van der Waals surface area contributed by atoms with Gasteiger partial charge in [-0.1, -0.05) is 18.2 Å². The molecule has 0 spiro atoms. The molecule has 1 amide bonds. The second kappa shape index (κ2) is 9.66. The number of carbonyl (C=O) groups is 1. The maximum Gasteiger partial charge on any atom is 0.254 e. The molecule has 0 radical (unpaired) electrons. The number of piperidine rings is 1.